The molecule has 1 N–H and O–H groups in total. The van der Waals surface area contributed by atoms with Crippen molar-refractivity contribution in [3.8, 4) is 5.75 Å². The van der Waals surface area contributed by atoms with Crippen LogP contribution in [-0.2, 0) is 18.0 Å². The molecule has 0 fully saturated rings. The van der Waals surface area contributed by atoms with Gasteiger partial charge in [-0.2, -0.15) is 0 Å². The Labute approximate surface area is 81.7 Å². The van der Waals surface area contributed by atoms with Crippen LogP contribution in [0.25, 0.3) is 10.8 Å². The molecule has 2 nitrogen and oxygen atoms in total. The van der Waals surface area contributed by atoms with Crippen LogP contribution in [0.5, 0.6) is 5.75 Å². The number of aromatic hydroxyl groups is 1. The van der Waals surface area contributed by atoms with Crippen LogP contribution in [0.1, 0.15) is 11.1 Å². The van der Waals surface area contributed by atoms with Crippen LogP contribution in [0.2, 0.25) is 0 Å². The summed E-state index contributed by atoms with van der Waals surface area (Å²) < 4.78 is 5.43. The third-order valence-corrected chi connectivity index (χ3v) is 2.64. The lowest BCUT2D eigenvalue weighted by Gasteiger charge is -2.17. The maximum atomic E-state index is 9.50. The molecule has 1 aliphatic rings. The van der Waals surface area contributed by atoms with E-state index in [-0.39, 0.29) is 0 Å². The normalized spacial score (nSPS) is 14.6. The zero-order valence-corrected chi connectivity index (χ0v) is 7.66. The number of phenolic OH excluding ortho intramolecular Hbond substituents is 1. The van der Waals surface area contributed by atoms with E-state index >= 15 is 0 Å². The van der Waals surface area contributed by atoms with E-state index < -0.39 is 0 Å². The van der Waals surface area contributed by atoms with Gasteiger partial charge in [-0.3, -0.25) is 0 Å². The van der Waals surface area contributed by atoms with Gasteiger partial charge >= 0.3 is 0 Å². The number of hydrogen-bond donors (Lipinski definition) is 1. The van der Waals surface area contributed by atoms with Gasteiger partial charge in [0.2, 0.25) is 0 Å². The Morgan fingerprint density at radius 2 is 1.93 bits per heavy atom. The van der Waals surface area contributed by atoms with Gasteiger partial charge in [-0.05, 0) is 34.0 Å². The molecule has 2 aromatic carbocycles. The molecule has 0 aliphatic carbocycles. The van der Waals surface area contributed by atoms with Crippen molar-refractivity contribution in [2.24, 2.45) is 0 Å². The summed E-state index contributed by atoms with van der Waals surface area (Å²) in [5, 5.41) is 11.8. The van der Waals surface area contributed by atoms with Crippen LogP contribution >= 0.6 is 0 Å². The molecule has 0 spiro atoms. The molecule has 0 saturated carbocycles. The van der Waals surface area contributed by atoms with E-state index in [0.717, 1.165) is 10.9 Å². The first kappa shape index (κ1) is 7.83. The second kappa shape index (κ2) is 2.72. The summed E-state index contributed by atoms with van der Waals surface area (Å²) >= 11 is 0. The maximum absolute atomic E-state index is 9.50. The second-order valence-corrected chi connectivity index (χ2v) is 3.61. The fraction of sp³-hybridized carbons (Fsp3) is 0.167. The van der Waals surface area contributed by atoms with Gasteiger partial charge in [0.1, 0.15) is 5.75 Å². The highest BCUT2D eigenvalue weighted by molar-refractivity contribution is 5.90. The molecule has 0 amide bonds. The van der Waals surface area contributed by atoms with E-state index in [0.29, 0.717) is 19.0 Å². The third-order valence-electron chi connectivity index (χ3n) is 2.64. The molecule has 2 heteroatoms. The predicted octanol–water partition coefficient (Wildman–Crippen LogP) is 2.58. The Morgan fingerprint density at radius 1 is 1.07 bits per heavy atom. The van der Waals surface area contributed by atoms with Gasteiger partial charge in [-0.15, -0.1) is 0 Å². The van der Waals surface area contributed by atoms with E-state index in [1.165, 1.54) is 10.9 Å². The Bertz CT molecular complexity index is 503. The van der Waals surface area contributed by atoms with Crippen molar-refractivity contribution in [3.05, 3.63) is 41.5 Å². The molecule has 3 rings (SSSR count). The monoisotopic (exact) mass is 186 g/mol. The Kier molecular flexibility index (Phi) is 1.52. The first-order valence-electron chi connectivity index (χ1n) is 4.66. The van der Waals surface area contributed by atoms with Crippen molar-refractivity contribution >= 4 is 10.8 Å². The minimum absolute atomic E-state index is 0.315. The quantitative estimate of drug-likeness (QED) is 0.685. The fourth-order valence-corrected chi connectivity index (χ4v) is 2.09. The van der Waals surface area contributed by atoms with Crippen molar-refractivity contribution in [2.45, 2.75) is 13.2 Å². The van der Waals surface area contributed by atoms with Crippen molar-refractivity contribution in [2.75, 3.05) is 0 Å². The van der Waals surface area contributed by atoms with Crippen molar-refractivity contribution in [1.82, 2.24) is 0 Å². The van der Waals surface area contributed by atoms with Crippen LogP contribution in [0.15, 0.2) is 30.3 Å². The molecule has 70 valence electrons. The lowest BCUT2D eigenvalue weighted by Crippen LogP contribution is -2.03. The summed E-state index contributed by atoms with van der Waals surface area (Å²) in [5.74, 6) is 0.315. The molecule has 0 radical (unpaired) electrons. The topological polar surface area (TPSA) is 29.5 Å². The smallest absolute Gasteiger partial charge is 0.116 e. The van der Waals surface area contributed by atoms with Gasteiger partial charge in [0.25, 0.3) is 0 Å². The van der Waals surface area contributed by atoms with Crippen LogP contribution < -0.4 is 0 Å². The van der Waals surface area contributed by atoms with E-state index in [1.807, 2.05) is 12.1 Å². The Morgan fingerprint density at radius 3 is 2.86 bits per heavy atom. The SMILES string of the molecule is Oc1cc2c3c(cccc3c1)COC2. The Hall–Kier alpha value is -1.54. The first-order valence-corrected chi connectivity index (χ1v) is 4.66. The van der Waals surface area contributed by atoms with Crippen LogP contribution in [0, 0.1) is 0 Å². The highest BCUT2D eigenvalue weighted by Gasteiger charge is 2.12. The lowest BCUT2D eigenvalue weighted by molar-refractivity contribution is 0.103. The lowest BCUT2D eigenvalue weighted by atomic mass is 9.98. The summed E-state index contributed by atoms with van der Waals surface area (Å²) in [6.45, 7) is 1.27. The zero-order valence-electron chi connectivity index (χ0n) is 7.66. The highest BCUT2D eigenvalue weighted by Crippen LogP contribution is 2.31. The van der Waals surface area contributed by atoms with E-state index in [1.54, 1.807) is 12.1 Å². The van der Waals surface area contributed by atoms with Gasteiger partial charge < -0.3 is 9.84 Å². The average Bonchev–Trinajstić information content (AvgIpc) is 2.18. The van der Waals surface area contributed by atoms with Crippen molar-refractivity contribution in [1.29, 1.82) is 0 Å². The minimum Gasteiger partial charge on any atom is -0.508 e. The zero-order chi connectivity index (χ0) is 9.54. The standard InChI is InChI=1S/C12H10O2/c13-11-4-8-2-1-3-9-6-14-7-10(5-11)12(8)9/h1-5,13H,6-7H2. The molecule has 2 aromatic rings. The molecule has 1 heterocycles. The van der Waals surface area contributed by atoms with Crippen LogP contribution in [0.3, 0.4) is 0 Å². The van der Waals surface area contributed by atoms with Gasteiger partial charge in [0.05, 0.1) is 13.2 Å². The average molecular weight is 186 g/mol. The molecule has 0 unspecified atom stereocenters. The number of hydrogen-bond acceptors (Lipinski definition) is 2. The van der Waals surface area contributed by atoms with E-state index in [2.05, 4.69) is 6.07 Å². The van der Waals surface area contributed by atoms with Crippen molar-refractivity contribution < 1.29 is 9.84 Å². The van der Waals surface area contributed by atoms with E-state index in [9.17, 15) is 5.11 Å². The molecule has 0 atom stereocenters. The fourth-order valence-electron chi connectivity index (χ4n) is 2.09. The summed E-state index contributed by atoms with van der Waals surface area (Å²) in [6, 6.07) is 9.67. The maximum Gasteiger partial charge on any atom is 0.116 e. The number of ether oxygens (including phenoxy) is 1. The Balaban J connectivity index is 2.48. The molecule has 0 aromatic heterocycles. The van der Waals surface area contributed by atoms with Gasteiger partial charge in [0, 0.05) is 0 Å². The molecule has 0 bridgehead atoms. The van der Waals surface area contributed by atoms with Crippen molar-refractivity contribution in [3.63, 3.8) is 0 Å². The van der Waals surface area contributed by atoms with E-state index in [4.69, 9.17) is 4.74 Å². The molecular formula is C12H10O2. The minimum atomic E-state index is 0.315. The number of rotatable bonds is 0. The summed E-state index contributed by atoms with van der Waals surface area (Å²) in [6.07, 6.45) is 0. The van der Waals surface area contributed by atoms with Gasteiger partial charge in [-0.1, -0.05) is 18.2 Å². The first-order chi connectivity index (χ1) is 6.84. The van der Waals surface area contributed by atoms with Crippen LogP contribution in [0.4, 0.5) is 0 Å². The van der Waals surface area contributed by atoms with Crippen LogP contribution in [-0.4, -0.2) is 5.11 Å². The largest absolute Gasteiger partial charge is 0.508 e. The summed E-state index contributed by atoms with van der Waals surface area (Å²) in [7, 11) is 0. The molecule has 14 heavy (non-hydrogen) atoms. The van der Waals surface area contributed by atoms with Gasteiger partial charge in [-0.25, -0.2) is 0 Å². The number of benzene rings is 2. The van der Waals surface area contributed by atoms with Gasteiger partial charge in [0.15, 0.2) is 0 Å². The second-order valence-electron chi connectivity index (χ2n) is 3.61. The summed E-state index contributed by atoms with van der Waals surface area (Å²) in [5.41, 5.74) is 2.30. The molecular weight excluding hydrogens is 176 g/mol. The summed E-state index contributed by atoms with van der Waals surface area (Å²) in [4.78, 5) is 0. The number of phenols is 1. The molecule has 1 aliphatic heterocycles. The predicted molar refractivity (Wildman–Crippen MR) is 54.1 cm³/mol. The molecule has 0 saturated heterocycles. The third kappa shape index (κ3) is 1.01. The highest BCUT2D eigenvalue weighted by atomic mass is 16.5.